The average Bonchev–Trinajstić information content (AvgIpc) is 3.00. The number of aromatic nitrogens is 3. The summed E-state index contributed by atoms with van der Waals surface area (Å²) < 4.78 is 10.9. The number of fused-ring (bicyclic) bond motifs is 1. The molecular formula is C13H14N4O3S. The Bertz CT molecular complexity index is 632. The minimum absolute atomic E-state index is 0.118. The summed E-state index contributed by atoms with van der Waals surface area (Å²) in [5.74, 6) is 1.23. The van der Waals surface area contributed by atoms with Crippen molar-refractivity contribution in [2.45, 2.75) is 17.3 Å². The van der Waals surface area contributed by atoms with Gasteiger partial charge in [-0.2, -0.15) is 5.10 Å². The van der Waals surface area contributed by atoms with Crippen LogP contribution < -0.4 is 14.8 Å². The predicted molar refractivity (Wildman–Crippen MR) is 77.8 cm³/mol. The lowest BCUT2D eigenvalue weighted by atomic mass is 10.2. The van der Waals surface area contributed by atoms with Crippen molar-refractivity contribution in [3.05, 3.63) is 24.5 Å². The molecule has 8 heteroatoms. The summed E-state index contributed by atoms with van der Waals surface area (Å²) in [4.78, 5) is 16.1. The van der Waals surface area contributed by atoms with E-state index < -0.39 is 0 Å². The van der Waals surface area contributed by atoms with Crippen LogP contribution in [0.25, 0.3) is 0 Å². The maximum absolute atomic E-state index is 12.1. The highest BCUT2D eigenvalue weighted by atomic mass is 32.2. The maximum atomic E-state index is 12.1. The highest BCUT2D eigenvalue weighted by Crippen LogP contribution is 2.32. The number of ether oxygens (including phenoxy) is 2. The second-order valence-electron chi connectivity index (χ2n) is 4.40. The van der Waals surface area contributed by atoms with Crippen molar-refractivity contribution in [2.75, 3.05) is 18.5 Å². The van der Waals surface area contributed by atoms with Crippen LogP contribution in [0, 0.1) is 0 Å². The molecule has 0 bridgehead atoms. The molecule has 0 spiro atoms. The third-order valence-corrected chi connectivity index (χ3v) is 3.85. The zero-order valence-corrected chi connectivity index (χ0v) is 12.1. The number of benzene rings is 1. The minimum atomic E-state index is -0.300. The first-order valence-electron chi connectivity index (χ1n) is 6.45. The fraction of sp³-hybridized carbons (Fsp3) is 0.308. The van der Waals surface area contributed by atoms with Crippen LogP contribution >= 0.6 is 11.8 Å². The van der Waals surface area contributed by atoms with E-state index in [1.807, 2.05) is 0 Å². The van der Waals surface area contributed by atoms with Crippen LogP contribution in [0.3, 0.4) is 0 Å². The molecule has 0 saturated carbocycles. The Balaban J connectivity index is 1.64. The maximum Gasteiger partial charge on any atom is 0.237 e. The predicted octanol–water partition coefficient (Wildman–Crippen LogP) is 1.70. The van der Waals surface area contributed by atoms with E-state index in [1.165, 1.54) is 18.1 Å². The molecule has 2 aromatic rings. The van der Waals surface area contributed by atoms with E-state index in [1.54, 1.807) is 25.1 Å². The number of H-pyrrole nitrogens is 1. The Morgan fingerprint density at radius 1 is 1.38 bits per heavy atom. The van der Waals surface area contributed by atoms with Crippen LogP contribution in [0.15, 0.2) is 29.7 Å². The number of carbonyl (C=O) groups is 1. The van der Waals surface area contributed by atoms with Gasteiger partial charge in [0, 0.05) is 11.8 Å². The SMILES string of the molecule is C[C@H](Sc1ncn[nH]1)C(=O)Nc1ccc2c(c1)OCCO2. The van der Waals surface area contributed by atoms with Gasteiger partial charge in [-0.3, -0.25) is 9.89 Å². The Morgan fingerprint density at radius 2 is 2.19 bits per heavy atom. The van der Waals surface area contributed by atoms with Crippen molar-refractivity contribution >= 4 is 23.4 Å². The fourth-order valence-corrected chi connectivity index (χ4v) is 2.55. The molecule has 1 aromatic heterocycles. The lowest BCUT2D eigenvalue weighted by Gasteiger charge is -2.19. The standard InChI is InChI=1S/C13H14N4O3S/c1-8(21-13-14-7-15-17-13)12(18)16-9-2-3-10-11(6-9)20-5-4-19-10/h2-3,6-8H,4-5H2,1H3,(H,16,18)(H,14,15,17)/t8-/m0/s1. The first kappa shape index (κ1) is 13.7. The quantitative estimate of drug-likeness (QED) is 0.836. The van der Waals surface area contributed by atoms with Crippen molar-refractivity contribution in [3.63, 3.8) is 0 Å². The smallest absolute Gasteiger partial charge is 0.237 e. The van der Waals surface area contributed by atoms with Crippen LogP contribution in [-0.4, -0.2) is 39.6 Å². The van der Waals surface area contributed by atoms with Gasteiger partial charge >= 0.3 is 0 Å². The molecular weight excluding hydrogens is 292 g/mol. The number of hydrogen-bond acceptors (Lipinski definition) is 6. The van der Waals surface area contributed by atoms with Crippen LogP contribution in [0.5, 0.6) is 11.5 Å². The number of anilines is 1. The molecule has 2 heterocycles. The number of nitrogens with one attached hydrogen (secondary N) is 2. The monoisotopic (exact) mass is 306 g/mol. The van der Waals surface area contributed by atoms with Gasteiger partial charge in [-0.15, -0.1) is 0 Å². The molecule has 0 saturated heterocycles. The van der Waals surface area contributed by atoms with E-state index in [9.17, 15) is 4.79 Å². The summed E-state index contributed by atoms with van der Waals surface area (Å²) in [6.45, 7) is 2.87. The van der Waals surface area contributed by atoms with Gasteiger partial charge in [0.25, 0.3) is 0 Å². The van der Waals surface area contributed by atoms with Gasteiger partial charge in [-0.05, 0) is 19.1 Å². The summed E-state index contributed by atoms with van der Waals surface area (Å²) in [5, 5.41) is 9.62. The number of thioether (sulfide) groups is 1. The zero-order valence-electron chi connectivity index (χ0n) is 11.3. The van der Waals surface area contributed by atoms with Crippen LogP contribution in [0.4, 0.5) is 5.69 Å². The van der Waals surface area contributed by atoms with Gasteiger partial charge < -0.3 is 14.8 Å². The van der Waals surface area contributed by atoms with Crippen molar-refractivity contribution < 1.29 is 14.3 Å². The van der Waals surface area contributed by atoms with Gasteiger partial charge in [-0.1, -0.05) is 11.8 Å². The van der Waals surface area contributed by atoms with E-state index >= 15 is 0 Å². The topological polar surface area (TPSA) is 89.1 Å². The van der Waals surface area contributed by atoms with Crippen molar-refractivity contribution in [3.8, 4) is 11.5 Å². The number of amides is 1. The van der Waals surface area contributed by atoms with E-state index in [2.05, 4.69) is 20.5 Å². The second kappa shape index (κ2) is 6.04. The molecule has 110 valence electrons. The molecule has 0 fully saturated rings. The normalized spacial score (nSPS) is 14.5. The number of nitrogens with zero attached hydrogens (tertiary/aromatic N) is 2. The van der Waals surface area contributed by atoms with Crippen LogP contribution in [0.1, 0.15) is 6.92 Å². The van der Waals surface area contributed by atoms with E-state index in [0.717, 1.165) is 0 Å². The molecule has 0 unspecified atom stereocenters. The lowest BCUT2D eigenvalue weighted by molar-refractivity contribution is -0.115. The highest BCUT2D eigenvalue weighted by molar-refractivity contribution is 8.00. The van der Waals surface area contributed by atoms with Crippen molar-refractivity contribution in [1.29, 1.82) is 0 Å². The molecule has 1 aromatic carbocycles. The average molecular weight is 306 g/mol. The largest absolute Gasteiger partial charge is 0.486 e. The summed E-state index contributed by atoms with van der Waals surface area (Å²) >= 11 is 1.31. The van der Waals surface area contributed by atoms with Crippen molar-refractivity contribution in [1.82, 2.24) is 15.2 Å². The number of rotatable bonds is 4. The van der Waals surface area contributed by atoms with Crippen LogP contribution in [0.2, 0.25) is 0 Å². The molecule has 3 rings (SSSR count). The lowest BCUT2D eigenvalue weighted by Crippen LogP contribution is -2.23. The Morgan fingerprint density at radius 3 is 2.95 bits per heavy atom. The first-order chi connectivity index (χ1) is 10.2. The molecule has 0 radical (unpaired) electrons. The fourth-order valence-electron chi connectivity index (χ4n) is 1.84. The third-order valence-electron chi connectivity index (χ3n) is 2.86. The molecule has 1 aliphatic rings. The molecule has 21 heavy (non-hydrogen) atoms. The molecule has 1 amide bonds. The zero-order chi connectivity index (χ0) is 14.7. The minimum Gasteiger partial charge on any atom is -0.486 e. The Kier molecular flexibility index (Phi) is 3.96. The highest BCUT2D eigenvalue weighted by Gasteiger charge is 2.17. The summed E-state index contributed by atoms with van der Waals surface area (Å²) in [5.41, 5.74) is 0.675. The van der Waals surface area contributed by atoms with Gasteiger partial charge in [-0.25, -0.2) is 4.98 Å². The number of carbonyl (C=O) groups excluding carboxylic acids is 1. The Hall–Kier alpha value is -2.22. The summed E-state index contributed by atoms with van der Waals surface area (Å²) in [6, 6.07) is 5.34. The van der Waals surface area contributed by atoms with E-state index in [0.29, 0.717) is 35.6 Å². The van der Waals surface area contributed by atoms with Crippen LogP contribution in [-0.2, 0) is 4.79 Å². The van der Waals surface area contributed by atoms with E-state index in [4.69, 9.17) is 9.47 Å². The molecule has 0 aliphatic carbocycles. The van der Waals surface area contributed by atoms with Gasteiger partial charge in [0.1, 0.15) is 19.5 Å². The molecule has 7 nitrogen and oxygen atoms in total. The molecule has 2 N–H and O–H groups in total. The third kappa shape index (κ3) is 3.27. The van der Waals surface area contributed by atoms with Gasteiger partial charge in [0.05, 0.1) is 5.25 Å². The number of aromatic amines is 1. The van der Waals surface area contributed by atoms with Crippen molar-refractivity contribution in [2.24, 2.45) is 0 Å². The summed E-state index contributed by atoms with van der Waals surface area (Å²) in [6.07, 6.45) is 1.41. The first-order valence-corrected chi connectivity index (χ1v) is 7.33. The van der Waals surface area contributed by atoms with Gasteiger partial charge in [0.2, 0.25) is 5.91 Å². The number of hydrogen-bond donors (Lipinski definition) is 2. The second-order valence-corrected chi connectivity index (χ2v) is 5.73. The van der Waals surface area contributed by atoms with E-state index in [-0.39, 0.29) is 11.2 Å². The summed E-state index contributed by atoms with van der Waals surface area (Å²) in [7, 11) is 0. The van der Waals surface area contributed by atoms with Gasteiger partial charge in [0.15, 0.2) is 16.7 Å². The Labute approximate surface area is 125 Å². The molecule has 1 aliphatic heterocycles. The molecule has 1 atom stereocenters.